The highest BCUT2D eigenvalue weighted by Crippen LogP contribution is 2.21. The van der Waals surface area contributed by atoms with E-state index in [1.807, 2.05) is 0 Å². The SMILES string of the molecule is O=C1CC(=O)CC(CCO)C1. The predicted octanol–water partition coefficient (Wildman–Crippen LogP) is 0.307. The Morgan fingerprint density at radius 3 is 2.27 bits per heavy atom. The van der Waals surface area contributed by atoms with Crippen molar-refractivity contribution < 1.29 is 14.7 Å². The van der Waals surface area contributed by atoms with Crippen molar-refractivity contribution in [1.29, 1.82) is 0 Å². The van der Waals surface area contributed by atoms with Crippen LogP contribution in [0.5, 0.6) is 0 Å². The maximum Gasteiger partial charge on any atom is 0.140 e. The molecule has 0 heterocycles. The highest BCUT2D eigenvalue weighted by Gasteiger charge is 2.24. The standard InChI is InChI=1S/C8H12O3/c9-2-1-6-3-7(10)5-8(11)4-6/h6,9H,1-5H2. The number of aliphatic hydroxyl groups excluding tert-OH is 1. The minimum Gasteiger partial charge on any atom is -0.396 e. The minimum absolute atomic E-state index is 0.0275. The third-order valence-corrected chi connectivity index (χ3v) is 1.96. The fourth-order valence-electron chi connectivity index (χ4n) is 1.47. The summed E-state index contributed by atoms with van der Waals surface area (Å²) in [6.07, 6.45) is 1.65. The van der Waals surface area contributed by atoms with E-state index in [1.54, 1.807) is 0 Å². The second-order valence-electron chi connectivity index (χ2n) is 3.04. The van der Waals surface area contributed by atoms with Gasteiger partial charge in [-0.05, 0) is 12.3 Å². The molecular weight excluding hydrogens is 144 g/mol. The van der Waals surface area contributed by atoms with Gasteiger partial charge in [-0.1, -0.05) is 0 Å². The van der Waals surface area contributed by atoms with Gasteiger partial charge in [-0.15, -0.1) is 0 Å². The van der Waals surface area contributed by atoms with Crippen molar-refractivity contribution in [2.75, 3.05) is 6.61 Å². The zero-order chi connectivity index (χ0) is 8.27. The highest BCUT2D eigenvalue weighted by molar-refractivity contribution is 6.01. The summed E-state index contributed by atoms with van der Waals surface area (Å²) in [5.41, 5.74) is 0. The molecule has 0 unspecified atom stereocenters. The molecule has 0 amide bonds. The smallest absolute Gasteiger partial charge is 0.140 e. The van der Waals surface area contributed by atoms with Gasteiger partial charge in [0.05, 0.1) is 6.42 Å². The molecule has 1 fully saturated rings. The number of Topliss-reactive ketones (excluding diaryl/α,β-unsaturated/α-hetero) is 2. The summed E-state index contributed by atoms with van der Waals surface area (Å²) < 4.78 is 0. The van der Waals surface area contributed by atoms with Crippen LogP contribution in [0.1, 0.15) is 25.7 Å². The van der Waals surface area contributed by atoms with Crippen LogP contribution in [0.3, 0.4) is 0 Å². The molecule has 1 N–H and O–H groups in total. The molecular formula is C8H12O3. The summed E-state index contributed by atoms with van der Waals surface area (Å²) in [5, 5.41) is 8.57. The molecule has 11 heavy (non-hydrogen) atoms. The van der Waals surface area contributed by atoms with Crippen LogP contribution < -0.4 is 0 Å². The quantitative estimate of drug-likeness (QED) is 0.585. The Kier molecular flexibility index (Phi) is 2.76. The number of carbonyl (C=O) groups is 2. The van der Waals surface area contributed by atoms with E-state index in [4.69, 9.17) is 5.11 Å². The van der Waals surface area contributed by atoms with Gasteiger partial charge in [0.15, 0.2) is 0 Å². The summed E-state index contributed by atoms with van der Waals surface area (Å²) in [5.74, 6) is 0.160. The minimum atomic E-state index is 0.0275. The molecule has 0 saturated heterocycles. The third kappa shape index (κ3) is 2.42. The largest absolute Gasteiger partial charge is 0.396 e. The zero-order valence-electron chi connectivity index (χ0n) is 6.38. The topological polar surface area (TPSA) is 54.4 Å². The summed E-state index contributed by atoms with van der Waals surface area (Å²) >= 11 is 0. The highest BCUT2D eigenvalue weighted by atomic mass is 16.3. The Morgan fingerprint density at radius 2 is 1.82 bits per heavy atom. The predicted molar refractivity (Wildman–Crippen MR) is 39.1 cm³/mol. The first-order chi connectivity index (χ1) is 5.22. The third-order valence-electron chi connectivity index (χ3n) is 1.96. The van der Waals surface area contributed by atoms with Gasteiger partial charge in [0, 0.05) is 19.4 Å². The summed E-state index contributed by atoms with van der Waals surface area (Å²) in [7, 11) is 0. The Hall–Kier alpha value is -0.700. The molecule has 1 aliphatic carbocycles. The number of hydrogen-bond donors (Lipinski definition) is 1. The average molecular weight is 156 g/mol. The normalized spacial score (nSPS) is 20.8. The molecule has 0 aromatic heterocycles. The Morgan fingerprint density at radius 1 is 1.27 bits per heavy atom. The van der Waals surface area contributed by atoms with E-state index < -0.39 is 0 Å². The van der Waals surface area contributed by atoms with Gasteiger partial charge in [0.1, 0.15) is 11.6 Å². The van der Waals surface area contributed by atoms with Gasteiger partial charge < -0.3 is 5.11 Å². The van der Waals surface area contributed by atoms with Crippen LogP contribution in [0, 0.1) is 5.92 Å². The fourth-order valence-corrected chi connectivity index (χ4v) is 1.47. The lowest BCUT2D eigenvalue weighted by Gasteiger charge is -2.18. The monoisotopic (exact) mass is 156 g/mol. The van der Waals surface area contributed by atoms with Gasteiger partial charge in [0.25, 0.3) is 0 Å². The molecule has 0 bridgehead atoms. The Labute approximate surface area is 65.4 Å². The van der Waals surface area contributed by atoms with Crippen molar-refractivity contribution in [3.8, 4) is 0 Å². The van der Waals surface area contributed by atoms with Crippen LogP contribution >= 0.6 is 0 Å². The molecule has 3 heteroatoms. The van der Waals surface area contributed by atoms with Gasteiger partial charge in [-0.2, -0.15) is 0 Å². The van der Waals surface area contributed by atoms with Crippen molar-refractivity contribution in [1.82, 2.24) is 0 Å². The molecule has 0 aliphatic heterocycles. The van der Waals surface area contributed by atoms with E-state index in [9.17, 15) is 9.59 Å². The summed E-state index contributed by atoms with van der Waals surface area (Å²) in [6.45, 7) is 0.0746. The van der Waals surface area contributed by atoms with Crippen LogP contribution in [-0.2, 0) is 9.59 Å². The van der Waals surface area contributed by atoms with Gasteiger partial charge in [-0.3, -0.25) is 9.59 Å². The lowest BCUT2D eigenvalue weighted by molar-refractivity contribution is -0.131. The molecule has 62 valence electrons. The molecule has 0 aromatic rings. The first kappa shape index (κ1) is 8.40. The van der Waals surface area contributed by atoms with Crippen molar-refractivity contribution in [3.63, 3.8) is 0 Å². The van der Waals surface area contributed by atoms with Gasteiger partial charge in [0.2, 0.25) is 0 Å². The van der Waals surface area contributed by atoms with Crippen LogP contribution in [0.25, 0.3) is 0 Å². The van der Waals surface area contributed by atoms with E-state index in [2.05, 4.69) is 0 Å². The molecule has 3 nitrogen and oxygen atoms in total. The maximum absolute atomic E-state index is 10.9. The molecule has 0 spiro atoms. The molecule has 1 rings (SSSR count). The fraction of sp³-hybridized carbons (Fsp3) is 0.750. The Bertz CT molecular complexity index is 158. The zero-order valence-corrected chi connectivity index (χ0v) is 6.38. The first-order valence-electron chi connectivity index (χ1n) is 3.86. The lowest BCUT2D eigenvalue weighted by atomic mass is 9.85. The Balaban J connectivity index is 2.43. The molecule has 0 radical (unpaired) electrons. The average Bonchev–Trinajstić information content (AvgIpc) is 1.85. The van der Waals surface area contributed by atoms with E-state index in [1.165, 1.54) is 0 Å². The number of carbonyl (C=O) groups excluding carboxylic acids is 2. The first-order valence-corrected chi connectivity index (χ1v) is 3.86. The van der Waals surface area contributed by atoms with Crippen molar-refractivity contribution in [2.24, 2.45) is 5.92 Å². The number of aliphatic hydroxyl groups is 1. The number of ketones is 2. The second kappa shape index (κ2) is 3.62. The van der Waals surface area contributed by atoms with Gasteiger partial charge in [-0.25, -0.2) is 0 Å². The van der Waals surface area contributed by atoms with Crippen LogP contribution in [-0.4, -0.2) is 23.3 Å². The van der Waals surface area contributed by atoms with E-state index in [0.717, 1.165) is 0 Å². The number of rotatable bonds is 2. The lowest BCUT2D eigenvalue weighted by Crippen LogP contribution is -2.23. The maximum atomic E-state index is 10.9. The van der Waals surface area contributed by atoms with Crippen molar-refractivity contribution >= 4 is 11.6 Å². The van der Waals surface area contributed by atoms with E-state index >= 15 is 0 Å². The van der Waals surface area contributed by atoms with Crippen LogP contribution in [0.15, 0.2) is 0 Å². The molecule has 1 aliphatic rings. The number of hydrogen-bond acceptors (Lipinski definition) is 3. The van der Waals surface area contributed by atoms with E-state index in [0.29, 0.717) is 19.3 Å². The summed E-state index contributed by atoms with van der Waals surface area (Å²) in [4.78, 5) is 21.7. The molecule has 1 saturated carbocycles. The van der Waals surface area contributed by atoms with Crippen LogP contribution in [0.4, 0.5) is 0 Å². The second-order valence-corrected chi connectivity index (χ2v) is 3.04. The van der Waals surface area contributed by atoms with E-state index in [-0.39, 0.29) is 30.5 Å². The molecule has 0 atom stereocenters. The summed E-state index contributed by atoms with van der Waals surface area (Å²) in [6, 6.07) is 0. The van der Waals surface area contributed by atoms with Crippen LogP contribution in [0.2, 0.25) is 0 Å². The molecule has 0 aromatic carbocycles. The van der Waals surface area contributed by atoms with Crippen molar-refractivity contribution in [2.45, 2.75) is 25.7 Å². The van der Waals surface area contributed by atoms with Crippen molar-refractivity contribution in [3.05, 3.63) is 0 Å². The van der Waals surface area contributed by atoms with Gasteiger partial charge >= 0.3 is 0 Å².